The molecule has 1 heterocycles. The van der Waals surface area contributed by atoms with E-state index in [-0.39, 0.29) is 4.48 Å². The van der Waals surface area contributed by atoms with Crippen LogP contribution in [0.4, 0.5) is 12.9 Å². The first kappa shape index (κ1) is 8.10. The minimum Gasteiger partial charge on any atom is -0.569 e. The Morgan fingerprint density at radius 3 is 2.45 bits per heavy atom. The predicted molar refractivity (Wildman–Crippen MR) is 33.5 cm³/mol. The van der Waals surface area contributed by atoms with E-state index in [1.807, 2.05) is 6.20 Å². The number of aromatic nitrogens is 1. The molecule has 60 valence electrons. The molecule has 0 bridgehead atoms. The molecule has 0 fully saturated rings. The van der Waals surface area contributed by atoms with Gasteiger partial charge < -0.3 is 17.4 Å². The molecule has 0 spiro atoms. The average Bonchev–Trinajstić information content (AvgIpc) is 1.86. The van der Waals surface area contributed by atoms with Gasteiger partial charge in [0.2, 0.25) is 0 Å². The van der Waals surface area contributed by atoms with Gasteiger partial charge in [0.1, 0.15) is 0 Å². The third-order valence-electron chi connectivity index (χ3n) is 1.14. The lowest BCUT2D eigenvalue weighted by molar-refractivity contribution is -0.585. The zero-order valence-electron chi connectivity index (χ0n) is 5.81. The van der Waals surface area contributed by atoms with Crippen molar-refractivity contribution in [2.24, 2.45) is 0 Å². The van der Waals surface area contributed by atoms with Crippen molar-refractivity contribution in [2.75, 3.05) is 0 Å². The summed E-state index contributed by atoms with van der Waals surface area (Å²) in [6, 6.07) is 2.74. The monoisotopic (exact) mass is 159 g/mol. The molecule has 0 radical (unpaired) electrons. The number of aryl methyl sites for hydroxylation is 1. The second-order valence-electron chi connectivity index (χ2n) is 2.17. The van der Waals surface area contributed by atoms with Gasteiger partial charge in [0.25, 0.3) is 0 Å². The molecular formula is C6H5BF3N-2. The molecular weight excluding hydrogens is 154 g/mol. The molecule has 11 heavy (non-hydrogen) atoms. The van der Waals surface area contributed by atoms with E-state index in [0.29, 0.717) is 5.56 Å². The van der Waals surface area contributed by atoms with Gasteiger partial charge in [0, 0.05) is 0 Å². The molecule has 1 aromatic heterocycles. The molecule has 5 heteroatoms. The molecule has 1 aromatic rings. The summed E-state index contributed by atoms with van der Waals surface area (Å²) in [4.78, 5) is 0. The number of nitrogens with zero attached hydrogens (tertiary/aromatic N) is 1. The van der Waals surface area contributed by atoms with Gasteiger partial charge in [-0.3, -0.25) is 6.07 Å². The molecule has 0 aliphatic heterocycles. The van der Waals surface area contributed by atoms with Gasteiger partial charge in [-0.1, -0.05) is 6.92 Å². The van der Waals surface area contributed by atoms with E-state index in [1.165, 1.54) is 12.1 Å². The van der Waals surface area contributed by atoms with Gasteiger partial charge in [-0.25, -0.2) is 11.6 Å². The molecule has 0 saturated carbocycles. The standard InChI is InChI=1S/C6H5BF3N/c1-6-3-2-4-11(5-6)7(8,9)10/h2-3H,1H3/q-2. The Labute approximate surface area is 62.6 Å². The van der Waals surface area contributed by atoms with Gasteiger partial charge in [-0.05, 0) is 0 Å². The molecule has 0 aliphatic carbocycles. The average molecular weight is 159 g/mol. The Hall–Kier alpha value is -0.995. The summed E-state index contributed by atoms with van der Waals surface area (Å²) < 4.78 is 35.8. The van der Waals surface area contributed by atoms with Crippen molar-refractivity contribution in [3.05, 3.63) is 30.1 Å². The zero-order chi connectivity index (χ0) is 8.48. The Morgan fingerprint density at radius 2 is 2.09 bits per heavy atom. The maximum Gasteiger partial charge on any atom is 0.767 e. The van der Waals surface area contributed by atoms with Crippen LogP contribution >= 0.6 is 0 Å². The molecule has 1 rings (SSSR count). The van der Waals surface area contributed by atoms with E-state index in [0.717, 1.165) is 0 Å². The smallest absolute Gasteiger partial charge is 0.569 e. The lowest BCUT2D eigenvalue weighted by Crippen LogP contribution is -2.55. The quantitative estimate of drug-likeness (QED) is 0.426. The Balaban J connectivity index is 3.06. The van der Waals surface area contributed by atoms with Crippen LogP contribution in [0.2, 0.25) is 0 Å². The molecule has 0 aliphatic rings. The first-order chi connectivity index (χ1) is 5.00. The third-order valence-corrected chi connectivity index (χ3v) is 1.14. The van der Waals surface area contributed by atoms with E-state index in [9.17, 15) is 12.9 Å². The maximum atomic E-state index is 11.9. The fraction of sp³-hybridized carbons (Fsp3) is 0.167. The summed E-state index contributed by atoms with van der Waals surface area (Å²) in [5, 5.41) is 0. The summed E-state index contributed by atoms with van der Waals surface area (Å²) in [5.74, 6) is 0. The van der Waals surface area contributed by atoms with Crippen LogP contribution in [0.1, 0.15) is 5.56 Å². The highest BCUT2D eigenvalue weighted by atomic mass is 19.4. The molecule has 0 unspecified atom stereocenters. The zero-order valence-corrected chi connectivity index (χ0v) is 5.81. The fourth-order valence-electron chi connectivity index (χ4n) is 0.660. The van der Waals surface area contributed by atoms with Crippen molar-refractivity contribution in [3.8, 4) is 0 Å². The highest BCUT2D eigenvalue weighted by molar-refractivity contribution is 6.48. The van der Waals surface area contributed by atoms with Crippen molar-refractivity contribution < 1.29 is 17.4 Å². The summed E-state index contributed by atoms with van der Waals surface area (Å²) in [6.45, 7) is 1.55. The Bertz CT molecular complexity index is 258. The molecule has 0 aromatic carbocycles. The van der Waals surface area contributed by atoms with E-state index in [1.54, 1.807) is 6.92 Å². The number of halogens is 3. The van der Waals surface area contributed by atoms with Gasteiger partial charge in [0.05, 0.1) is 0 Å². The molecule has 0 atom stereocenters. The van der Waals surface area contributed by atoms with Crippen LogP contribution in [-0.4, -0.2) is 7.11 Å². The lowest BCUT2D eigenvalue weighted by Gasteiger charge is -2.22. The van der Waals surface area contributed by atoms with Gasteiger partial charge in [-0.15, -0.1) is 12.4 Å². The van der Waals surface area contributed by atoms with E-state index in [4.69, 9.17) is 0 Å². The first-order valence-electron chi connectivity index (χ1n) is 3.02. The third kappa shape index (κ3) is 1.96. The summed E-state index contributed by atoms with van der Waals surface area (Å²) in [5.41, 5.74) is 0.447. The van der Waals surface area contributed by atoms with Crippen molar-refractivity contribution in [3.63, 3.8) is 0 Å². The highest BCUT2D eigenvalue weighted by Gasteiger charge is 2.32. The number of rotatable bonds is 1. The van der Waals surface area contributed by atoms with Crippen LogP contribution in [0.5, 0.6) is 0 Å². The number of hydrogen-bond donors (Lipinski definition) is 0. The van der Waals surface area contributed by atoms with E-state index < -0.39 is 7.11 Å². The fourth-order valence-corrected chi connectivity index (χ4v) is 0.660. The first-order valence-corrected chi connectivity index (χ1v) is 3.02. The number of pyridine rings is 1. The lowest BCUT2D eigenvalue weighted by atomic mass is 10.1. The minimum atomic E-state index is -5.02. The molecule has 0 amide bonds. The van der Waals surface area contributed by atoms with Gasteiger partial charge >= 0.3 is 7.11 Å². The normalized spacial score (nSPS) is 11.6. The van der Waals surface area contributed by atoms with E-state index in [2.05, 4.69) is 6.20 Å². The van der Waals surface area contributed by atoms with Crippen LogP contribution < -0.4 is 4.48 Å². The summed E-state index contributed by atoms with van der Waals surface area (Å²) in [6.07, 6.45) is 4.12. The summed E-state index contributed by atoms with van der Waals surface area (Å²) >= 11 is 0. The van der Waals surface area contributed by atoms with Crippen molar-refractivity contribution in [2.45, 2.75) is 6.92 Å². The second kappa shape index (κ2) is 2.56. The second-order valence-corrected chi connectivity index (χ2v) is 2.17. The van der Waals surface area contributed by atoms with Crippen LogP contribution in [0.25, 0.3) is 0 Å². The van der Waals surface area contributed by atoms with Crippen molar-refractivity contribution in [1.82, 2.24) is 0 Å². The predicted octanol–water partition coefficient (Wildman–Crippen LogP) is 1.08. The van der Waals surface area contributed by atoms with Crippen LogP contribution in [0.15, 0.2) is 12.1 Å². The topological polar surface area (TPSA) is 3.88 Å². The van der Waals surface area contributed by atoms with E-state index >= 15 is 0 Å². The van der Waals surface area contributed by atoms with Gasteiger partial charge in [-0.2, -0.15) is 0 Å². The van der Waals surface area contributed by atoms with Gasteiger partial charge in [0.15, 0.2) is 0 Å². The van der Waals surface area contributed by atoms with Crippen LogP contribution in [-0.2, 0) is 0 Å². The SMILES string of the molecule is Cc1[c-][n+]([B-](F)(F)F)[c-]cc1. The maximum absolute atomic E-state index is 11.9. The van der Waals surface area contributed by atoms with Crippen molar-refractivity contribution in [1.29, 1.82) is 0 Å². The summed E-state index contributed by atoms with van der Waals surface area (Å²) in [7, 11) is -5.02. The Kier molecular flexibility index (Phi) is 1.89. The Morgan fingerprint density at radius 1 is 1.45 bits per heavy atom. The molecule has 0 N–H and O–H groups in total. The van der Waals surface area contributed by atoms with Crippen LogP contribution in [0.3, 0.4) is 0 Å². The molecule has 1 nitrogen and oxygen atoms in total. The highest BCUT2D eigenvalue weighted by Crippen LogP contribution is 2.02. The minimum absolute atomic E-state index is 0.0370. The largest absolute Gasteiger partial charge is 0.767 e. The number of hydrogen-bond acceptors (Lipinski definition) is 0. The van der Waals surface area contributed by atoms with Crippen molar-refractivity contribution >= 4 is 7.11 Å². The molecule has 0 saturated heterocycles. The van der Waals surface area contributed by atoms with Crippen LogP contribution in [0, 0.1) is 19.3 Å².